The van der Waals surface area contributed by atoms with E-state index in [4.69, 9.17) is 18.9 Å². The largest absolute Gasteiger partial charge is 0.496 e. The van der Waals surface area contributed by atoms with Crippen molar-refractivity contribution in [2.45, 2.75) is 44.2 Å². The van der Waals surface area contributed by atoms with Crippen molar-refractivity contribution in [2.24, 2.45) is 4.99 Å². The summed E-state index contributed by atoms with van der Waals surface area (Å²) in [7, 11) is 6.73. The van der Waals surface area contributed by atoms with Crippen molar-refractivity contribution in [2.75, 3.05) is 61.2 Å². The Morgan fingerprint density at radius 1 is 0.969 bits per heavy atom. The van der Waals surface area contributed by atoms with E-state index in [2.05, 4.69) is 20.5 Å². The maximum atomic E-state index is 5.60. The Balaban J connectivity index is 0.00000363. The van der Waals surface area contributed by atoms with Gasteiger partial charge in [0, 0.05) is 50.4 Å². The number of methoxy groups -OCH3 is 3. The van der Waals surface area contributed by atoms with E-state index < -0.39 is 0 Å². The molecule has 1 aliphatic carbocycles. The first kappa shape index (κ1) is 26.8. The molecule has 2 fully saturated rings. The molecule has 32 heavy (non-hydrogen) atoms. The Labute approximate surface area is 209 Å². The van der Waals surface area contributed by atoms with Crippen LogP contribution < -0.4 is 24.8 Å². The van der Waals surface area contributed by atoms with Crippen molar-refractivity contribution < 1.29 is 18.9 Å². The van der Waals surface area contributed by atoms with E-state index in [1.165, 1.54) is 32.1 Å². The summed E-state index contributed by atoms with van der Waals surface area (Å²) in [6.07, 6.45) is 6.35. The summed E-state index contributed by atoms with van der Waals surface area (Å²) in [4.78, 5) is 7.08. The maximum absolute atomic E-state index is 5.60. The molecule has 3 rings (SSSR count). The van der Waals surface area contributed by atoms with Gasteiger partial charge in [-0.25, -0.2) is 0 Å². The summed E-state index contributed by atoms with van der Waals surface area (Å²) in [6, 6.07) is 3.79. The minimum Gasteiger partial charge on any atom is -0.496 e. The first-order valence-electron chi connectivity index (χ1n) is 11.2. The van der Waals surface area contributed by atoms with Crippen LogP contribution >= 0.6 is 24.0 Å². The average molecular weight is 562 g/mol. The van der Waals surface area contributed by atoms with Crippen molar-refractivity contribution in [3.63, 3.8) is 0 Å². The molecule has 1 saturated carbocycles. The lowest BCUT2D eigenvalue weighted by Gasteiger charge is -2.48. The van der Waals surface area contributed by atoms with Gasteiger partial charge in [0.1, 0.15) is 5.75 Å². The van der Waals surface area contributed by atoms with Gasteiger partial charge in [0.2, 0.25) is 0 Å². The Bertz CT molecular complexity index is 735. The number of guanidine groups is 1. The first-order chi connectivity index (χ1) is 15.2. The highest BCUT2D eigenvalue weighted by atomic mass is 127. The van der Waals surface area contributed by atoms with E-state index in [1.807, 2.05) is 19.2 Å². The van der Waals surface area contributed by atoms with Gasteiger partial charge in [-0.2, -0.15) is 0 Å². The zero-order chi connectivity index (χ0) is 22.1. The van der Waals surface area contributed by atoms with Crippen molar-refractivity contribution in [3.8, 4) is 17.2 Å². The van der Waals surface area contributed by atoms with Crippen LogP contribution in [0.2, 0.25) is 0 Å². The third-order valence-corrected chi connectivity index (χ3v) is 6.51. The number of nitrogens with one attached hydrogen (secondary N) is 2. The van der Waals surface area contributed by atoms with E-state index in [0.717, 1.165) is 50.1 Å². The number of rotatable bonds is 8. The van der Waals surface area contributed by atoms with Crippen LogP contribution in [0.3, 0.4) is 0 Å². The molecular weight excluding hydrogens is 523 g/mol. The summed E-state index contributed by atoms with van der Waals surface area (Å²) in [6.45, 7) is 5.12. The number of morpholine rings is 1. The van der Waals surface area contributed by atoms with Gasteiger partial charge in [-0.15, -0.1) is 24.0 Å². The lowest BCUT2D eigenvalue weighted by Crippen LogP contribution is -2.60. The van der Waals surface area contributed by atoms with Gasteiger partial charge < -0.3 is 29.6 Å². The standard InChI is InChI=1S/C23H38N4O4.HI/c1-24-22(25-16-18-14-20(29-3)21(30-4)15-19(18)28-2)26-17-23(8-6-5-7-9-23)27-10-12-31-13-11-27;/h14-15H,5-13,16-17H2,1-4H3,(H2,24,25,26);1H. The highest BCUT2D eigenvalue weighted by Crippen LogP contribution is 2.35. The van der Waals surface area contributed by atoms with Gasteiger partial charge in [0.05, 0.1) is 34.5 Å². The fraction of sp³-hybridized carbons (Fsp3) is 0.696. The van der Waals surface area contributed by atoms with Crippen LogP contribution in [-0.2, 0) is 11.3 Å². The van der Waals surface area contributed by atoms with Gasteiger partial charge in [-0.1, -0.05) is 19.3 Å². The molecule has 9 heteroatoms. The van der Waals surface area contributed by atoms with Crippen LogP contribution in [0.1, 0.15) is 37.7 Å². The molecule has 1 heterocycles. The number of ether oxygens (including phenoxy) is 4. The molecule has 0 radical (unpaired) electrons. The molecule has 1 aromatic carbocycles. The van der Waals surface area contributed by atoms with Crippen molar-refractivity contribution in [1.29, 1.82) is 0 Å². The van der Waals surface area contributed by atoms with E-state index in [9.17, 15) is 0 Å². The van der Waals surface area contributed by atoms with Crippen LogP contribution in [-0.4, -0.2) is 77.6 Å². The molecule has 0 atom stereocenters. The SMILES string of the molecule is CN=C(NCc1cc(OC)c(OC)cc1OC)NCC1(N2CCOCC2)CCCCC1.I. The van der Waals surface area contributed by atoms with Gasteiger partial charge >= 0.3 is 0 Å². The zero-order valence-corrected chi connectivity index (χ0v) is 22.2. The van der Waals surface area contributed by atoms with Crippen LogP contribution in [0, 0.1) is 0 Å². The van der Waals surface area contributed by atoms with Crippen LogP contribution in [0.4, 0.5) is 0 Å². The molecule has 0 aromatic heterocycles. The van der Waals surface area contributed by atoms with Crippen LogP contribution in [0.25, 0.3) is 0 Å². The molecule has 2 N–H and O–H groups in total. The lowest BCUT2D eigenvalue weighted by atomic mass is 9.80. The number of halogens is 1. The topological polar surface area (TPSA) is 76.6 Å². The second-order valence-electron chi connectivity index (χ2n) is 8.18. The Morgan fingerprint density at radius 3 is 2.19 bits per heavy atom. The number of benzene rings is 1. The molecule has 0 bridgehead atoms. The fourth-order valence-electron chi connectivity index (χ4n) is 4.73. The predicted molar refractivity (Wildman–Crippen MR) is 138 cm³/mol. The van der Waals surface area contributed by atoms with Crippen molar-refractivity contribution in [1.82, 2.24) is 15.5 Å². The number of aliphatic imine (C=N–C) groups is 1. The smallest absolute Gasteiger partial charge is 0.191 e. The molecule has 1 aliphatic heterocycles. The van der Waals surface area contributed by atoms with Crippen molar-refractivity contribution in [3.05, 3.63) is 17.7 Å². The second kappa shape index (κ2) is 13.3. The van der Waals surface area contributed by atoms with E-state index in [-0.39, 0.29) is 29.5 Å². The van der Waals surface area contributed by atoms with Crippen LogP contribution in [0.5, 0.6) is 17.2 Å². The Morgan fingerprint density at radius 2 is 1.59 bits per heavy atom. The lowest BCUT2D eigenvalue weighted by molar-refractivity contribution is -0.0352. The summed E-state index contributed by atoms with van der Waals surface area (Å²) in [5, 5.41) is 7.02. The van der Waals surface area contributed by atoms with Crippen molar-refractivity contribution >= 4 is 29.9 Å². The molecule has 2 aliphatic rings. The monoisotopic (exact) mass is 562 g/mol. The molecule has 1 saturated heterocycles. The summed E-state index contributed by atoms with van der Waals surface area (Å²) >= 11 is 0. The minimum absolute atomic E-state index is 0. The molecule has 0 spiro atoms. The van der Waals surface area contributed by atoms with E-state index in [1.54, 1.807) is 21.3 Å². The normalized spacial score (nSPS) is 18.9. The molecule has 0 amide bonds. The Hall–Kier alpha value is -1.46. The highest BCUT2D eigenvalue weighted by Gasteiger charge is 2.38. The van der Waals surface area contributed by atoms with Gasteiger partial charge in [-0.3, -0.25) is 9.89 Å². The maximum Gasteiger partial charge on any atom is 0.191 e. The minimum atomic E-state index is 0. The zero-order valence-electron chi connectivity index (χ0n) is 19.9. The van der Waals surface area contributed by atoms with Crippen LogP contribution in [0.15, 0.2) is 17.1 Å². The molecule has 1 aromatic rings. The summed E-state index contributed by atoms with van der Waals surface area (Å²) in [5.41, 5.74) is 1.16. The quantitative estimate of drug-likeness (QED) is 0.287. The molecular formula is C23H39IN4O4. The third-order valence-electron chi connectivity index (χ3n) is 6.51. The summed E-state index contributed by atoms with van der Waals surface area (Å²) < 4.78 is 22.0. The van der Waals surface area contributed by atoms with Gasteiger partial charge in [-0.05, 0) is 18.9 Å². The summed E-state index contributed by atoms with van der Waals surface area (Å²) in [5.74, 6) is 2.86. The van der Waals surface area contributed by atoms with E-state index in [0.29, 0.717) is 18.0 Å². The number of nitrogens with zero attached hydrogens (tertiary/aromatic N) is 2. The van der Waals surface area contributed by atoms with Gasteiger partial charge in [0.15, 0.2) is 17.5 Å². The Kier molecular flexibility index (Phi) is 11.1. The number of hydrogen-bond donors (Lipinski definition) is 2. The fourth-order valence-corrected chi connectivity index (χ4v) is 4.73. The highest BCUT2D eigenvalue weighted by molar-refractivity contribution is 14.0. The molecule has 182 valence electrons. The first-order valence-corrected chi connectivity index (χ1v) is 11.2. The predicted octanol–water partition coefficient (Wildman–Crippen LogP) is 3.03. The molecule has 8 nitrogen and oxygen atoms in total. The van der Waals surface area contributed by atoms with Gasteiger partial charge in [0.25, 0.3) is 0 Å². The third kappa shape index (κ3) is 6.54. The average Bonchev–Trinajstić information content (AvgIpc) is 2.84. The number of hydrogen-bond acceptors (Lipinski definition) is 6. The second-order valence-corrected chi connectivity index (χ2v) is 8.18. The molecule has 0 unspecified atom stereocenters. The van der Waals surface area contributed by atoms with E-state index >= 15 is 0 Å².